The number of rotatable bonds is 8. The lowest BCUT2D eigenvalue weighted by atomic mass is 9.98. The summed E-state index contributed by atoms with van der Waals surface area (Å²) in [5, 5.41) is 0. The highest BCUT2D eigenvalue weighted by atomic mass is 32.1. The van der Waals surface area contributed by atoms with Crippen LogP contribution in [0.25, 0.3) is 0 Å². The molecule has 1 aromatic rings. The molecule has 2 heterocycles. The molecule has 160 valence electrons. The maximum atomic E-state index is 12.6. The summed E-state index contributed by atoms with van der Waals surface area (Å²) in [6.45, 7) is 6.78. The highest BCUT2D eigenvalue weighted by molar-refractivity contribution is 7.12. The summed E-state index contributed by atoms with van der Waals surface area (Å²) in [6, 6.07) is 1.86. The second kappa shape index (κ2) is 10.5. The van der Waals surface area contributed by atoms with Crippen LogP contribution in [0.2, 0.25) is 0 Å². The maximum absolute atomic E-state index is 12.6. The number of ether oxygens (including phenoxy) is 1. The zero-order valence-corrected chi connectivity index (χ0v) is 18.5. The molecule has 1 fully saturated rings. The molecule has 0 bridgehead atoms. The summed E-state index contributed by atoms with van der Waals surface area (Å²) in [7, 11) is 1.57. The van der Waals surface area contributed by atoms with Crippen molar-refractivity contribution in [3.8, 4) is 0 Å². The van der Waals surface area contributed by atoms with E-state index in [1.165, 1.54) is 4.90 Å². The van der Waals surface area contributed by atoms with Crippen molar-refractivity contribution in [3.63, 3.8) is 0 Å². The first-order valence-corrected chi connectivity index (χ1v) is 10.8. The standard InChI is InChI=1S/C21H30N2O5S/c1-5-28-21(27)16-7-6-10-23(12-16)20(26)13-22(4)19(25)9-8-18(24)17-11-14(2)29-15(17)3/h11,16H,5-10,12-13H2,1-4H3. The molecule has 0 N–H and O–H groups in total. The zero-order valence-electron chi connectivity index (χ0n) is 17.7. The predicted molar refractivity (Wildman–Crippen MR) is 111 cm³/mol. The Kier molecular flexibility index (Phi) is 8.37. The van der Waals surface area contributed by atoms with Gasteiger partial charge >= 0.3 is 5.97 Å². The average molecular weight is 423 g/mol. The van der Waals surface area contributed by atoms with Gasteiger partial charge < -0.3 is 14.5 Å². The lowest BCUT2D eigenvalue weighted by Gasteiger charge is -2.32. The van der Waals surface area contributed by atoms with Crippen molar-refractivity contribution >= 4 is 34.9 Å². The minimum Gasteiger partial charge on any atom is -0.466 e. The number of nitrogens with zero attached hydrogens (tertiary/aromatic N) is 2. The van der Waals surface area contributed by atoms with Gasteiger partial charge in [0.2, 0.25) is 11.8 Å². The van der Waals surface area contributed by atoms with Crippen LogP contribution in [0.3, 0.4) is 0 Å². The van der Waals surface area contributed by atoms with E-state index in [9.17, 15) is 19.2 Å². The van der Waals surface area contributed by atoms with E-state index in [-0.39, 0.29) is 48.9 Å². The Morgan fingerprint density at radius 3 is 2.59 bits per heavy atom. The summed E-state index contributed by atoms with van der Waals surface area (Å²) in [5.74, 6) is -1.05. The molecule has 0 aliphatic carbocycles. The van der Waals surface area contributed by atoms with Gasteiger partial charge in [-0.1, -0.05) is 0 Å². The van der Waals surface area contributed by atoms with E-state index < -0.39 is 0 Å². The zero-order chi connectivity index (χ0) is 21.6. The van der Waals surface area contributed by atoms with E-state index in [0.29, 0.717) is 31.7 Å². The molecule has 1 saturated heterocycles. The van der Waals surface area contributed by atoms with E-state index >= 15 is 0 Å². The normalized spacial score (nSPS) is 16.4. The topological polar surface area (TPSA) is 84.0 Å². The van der Waals surface area contributed by atoms with Gasteiger partial charge in [-0.2, -0.15) is 0 Å². The van der Waals surface area contributed by atoms with Crippen molar-refractivity contribution < 1.29 is 23.9 Å². The number of likely N-dealkylation sites (tertiary alicyclic amines) is 1. The van der Waals surface area contributed by atoms with Crippen LogP contribution in [0, 0.1) is 19.8 Å². The highest BCUT2D eigenvalue weighted by Gasteiger charge is 2.30. The van der Waals surface area contributed by atoms with Gasteiger partial charge in [0.05, 0.1) is 19.1 Å². The summed E-state index contributed by atoms with van der Waals surface area (Å²) >= 11 is 1.57. The Morgan fingerprint density at radius 2 is 1.97 bits per heavy atom. The molecular formula is C21H30N2O5S. The molecule has 2 rings (SSSR count). The van der Waals surface area contributed by atoms with Gasteiger partial charge in [0.25, 0.3) is 0 Å². The van der Waals surface area contributed by atoms with E-state index in [1.54, 1.807) is 30.2 Å². The molecule has 0 spiro atoms. The van der Waals surface area contributed by atoms with E-state index in [2.05, 4.69) is 0 Å². The molecule has 0 saturated carbocycles. The fourth-order valence-corrected chi connectivity index (χ4v) is 4.44. The average Bonchev–Trinajstić information content (AvgIpc) is 3.04. The Labute approximate surface area is 176 Å². The molecule has 1 atom stereocenters. The SMILES string of the molecule is CCOC(=O)C1CCCN(C(=O)CN(C)C(=O)CCC(=O)c2cc(C)sc2C)C1. The van der Waals surface area contributed by atoms with Gasteiger partial charge in [0, 0.05) is 48.3 Å². The molecule has 7 nitrogen and oxygen atoms in total. The fourth-order valence-electron chi connectivity index (χ4n) is 3.50. The van der Waals surface area contributed by atoms with Crippen LogP contribution in [-0.2, 0) is 19.1 Å². The Hall–Kier alpha value is -2.22. The molecule has 2 amide bonds. The first-order valence-electron chi connectivity index (χ1n) is 10.0. The Balaban J connectivity index is 1.82. The third-order valence-electron chi connectivity index (χ3n) is 5.10. The van der Waals surface area contributed by atoms with Crippen LogP contribution < -0.4 is 0 Å². The first-order chi connectivity index (χ1) is 13.7. The summed E-state index contributed by atoms with van der Waals surface area (Å²) in [4.78, 5) is 54.2. The minimum absolute atomic E-state index is 0.0479. The van der Waals surface area contributed by atoms with E-state index in [4.69, 9.17) is 4.74 Å². The van der Waals surface area contributed by atoms with Crippen LogP contribution in [-0.4, -0.2) is 66.7 Å². The Morgan fingerprint density at radius 1 is 1.24 bits per heavy atom. The lowest BCUT2D eigenvalue weighted by Crippen LogP contribution is -2.47. The van der Waals surface area contributed by atoms with Gasteiger partial charge in [-0.05, 0) is 39.7 Å². The van der Waals surface area contributed by atoms with Crippen LogP contribution >= 0.6 is 11.3 Å². The number of esters is 1. The summed E-state index contributed by atoms with van der Waals surface area (Å²) in [6.07, 6.45) is 1.65. The quantitative estimate of drug-likeness (QED) is 0.475. The van der Waals surface area contributed by atoms with Crippen molar-refractivity contribution in [3.05, 3.63) is 21.4 Å². The molecule has 0 radical (unpaired) electrons. The molecular weight excluding hydrogens is 392 g/mol. The number of hydrogen-bond acceptors (Lipinski definition) is 6. The number of thiophene rings is 1. The third-order valence-corrected chi connectivity index (χ3v) is 6.07. The largest absolute Gasteiger partial charge is 0.466 e. The van der Waals surface area contributed by atoms with E-state index in [0.717, 1.165) is 16.2 Å². The summed E-state index contributed by atoms with van der Waals surface area (Å²) < 4.78 is 5.06. The Bertz CT molecular complexity index is 773. The minimum atomic E-state index is -0.302. The van der Waals surface area contributed by atoms with E-state index in [1.807, 2.05) is 19.9 Å². The molecule has 1 unspecified atom stereocenters. The van der Waals surface area contributed by atoms with Gasteiger partial charge in [0.1, 0.15) is 0 Å². The smallest absolute Gasteiger partial charge is 0.310 e. The van der Waals surface area contributed by atoms with Crippen LogP contribution in [0.15, 0.2) is 6.07 Å². The second-order valence-corrected chi connectivity index (χ2v) is 8.89. The molecule has 0 aromatic carbocycles. The molecule has 1 aromatic heterocycles. The van der Waals surface area contributed by atoms with Gasteiger partial charge in [0.15, 0.2) is 5.78 Å². The number of likely N-dealkylation sites (N-methyl/N-ethyl adjacent to an activating group) is 1. The molecule has 1 aliphatic heterocycles. The summed E-state index contributed by atoms with van der Waals surface area (Å²) in [5.41, 5.74) is 0.678. The van der Waals surface area contributed by atoms with Gasteiger partial charge in [-0.25, -0.2) is 0 Å². The lowest BCUT2D eigenvalue weighted by molar-refractivity contribution is -0.152. The monoisotopic (exact) mass is 422 g/mol. The van der Waals surface area contributed by atoms with Gasteiger partial charge in [-0.3, -0.25) is 19.2 Å². The number of hydrogen-bond donors (Lipinski definition) is 0. The van der Waals surface area contributed by atoms with Crippen molar-refractivity contribution in [2.75, 3.05) is 33.3 Å². The highest BCUT2D eigenvalue weighted by Crippen LogP contribution is 2.22. The second-order valence-electron chi connectivity index (χ2n) is 7.43. The van der Waals surface area contributed by atoms with Gasteiger partial charge in [-0.15, -0.1) is 11.3 Å². The van der Waals surface area contributed by atoms with Crippen molar-refractivity contribution in [1.29, 1.82) is 0 Å². The maximum Gasteiger partial charge on any atom is 0.310 e. The van der Waals surface area contributed by atoms with Crippen LogP contribution in [0.5, 0.6) is 0 Å². The molecule has 8 heteroatoms. The van der Waals surface area contributed by atoms with Crippen LogP contribution in [0.1, 0.15) is 52.7 Å². The first kappa shape index (κ1) is 23.1. The predicted octanol–water partition coefficient (Wildman–Crippen LogP) is 2.59. The van der Waals surface area contributed by atoms with Crippen LogP contribution in [0.4, 0.5) is 0 Å². The number of aryl methyl sites for hydroxylation is 2. The third kappa shape index (κ3) is 6.39. The van der Waals surface area contributed by atoms with Crippen molar-refractivity contribution in [2.45, 2.75) is 46.5 Å². The number of piperidine rings is 1. The fraction of sp³-hybridized carbons (Fsp3) is 0.619. The molecule has 29 heavy (non-hydrogen) atoms. The van der Waals surface area contributed by atoms with Crippen molar-refractivity contribution in [2.24, 2.45) is 5.92 Å². The number of carbonyl (C=O) groups excluding carboxylic acids is 4. The number of amides is 2. The number of ketones is 1. The number of carbonyl (C=O) groups is 4. The molecule has 1 aliphatic rings. The number of Topliss-reactive ketones (excluding diaryl/α,β-unsaturated/α-hetero) is 1. The van der Waals surface area contributed by atoms with Crippen molar-refractivity contribution in [1.82, 2.24) is 9.80 Å².